The molecule has 5 rings (SSSR count). The van der Waals surface area contributed by atoms with E-state index in [0.29, 0.717) is 51.3 Å². The maximum absolute atomic E-state index is 14.3. The number of nitrogens with zero attached hydrogens (tertiary/aromatic N) is 4. The fourth-order valence-corrected chi connectivity index (χ4v) is 5.14. The summed E-state index contributed by atoms with van der Waals surface area (Å²) in [7, 11) is 0. The summed E-state index contributed by atoms with van der Waals surface area (Å²) >= 11 is 0. The first kappa shape index (κ1) is 24.4. The Morgan fingerprint density at radius 3 is 2.50 bits per heavy atom. The number of hydrogen-bond acceptors (Lipinski definition) is 5. The molecule has 2 saturated heterocycles. The molecule has 3 heterocycles. The number of likely N-dealkylation sites (tertiary alicyclic amines) is 2. The van der Waals surface area contributed by atoms with Crippen LogP contribution in [-0.2, 0) is 6.42 Å². The van der Waals surface area contributed by atoms with Gasteiger partial charge >= 0.3 is 6.03 Å². The molecular weight excluding hydrogens is 466 g/mol. The van der Waals surface area contributed by atoms with Crippen LogP contribution in [0.1, 0.15) is 55.0 Å². The summed E-state index contributed by atoms with van der Waals surface area (Å²) < 4.78 is 33.5. The molecule has 2 fully saturated rings. The van der Waals surface area contributed by atoms with E-state index in [0.717, 1.165) is 30.2 Å². The predicted molar refractivity (Wildman–Crippen MR) is 129 cm³/mol. The monoisotopic (exact) mass is 496 g/mol. The smallest absolute Gasteiger partial charge is 0.320 e. The number of carbonyl (C=O) groups excluding carboxylic acids is 1. The second-order valence-electron chi connectivity index (χ2n) is 9.71. The van der Waals surface area contributed by atoms with Gasteiger partial charge in [0, 0.05) is 32.1 Å². The van der Waals surface area contributed by atoms with Gasteiger partial charge in [-0.15, -0.1) is 0 Å². The standard InChI is InChI=1S/C27H30F2N4O3/c1-2-17-3-5-18(6-4-17)19-13-20(16-33(15-19)27(35)32-11-9-22(34)10-12-32)26-30-25(31-36-26)23-14-21(28)7-8-24(23)29/h3-8,14,19-20,22,34H,2,9-13,15-16H2,1H3/t19-,20+/m1/s1. The lowest BCUT2D eigenvalue weighted by molar-refractivity contribution is 0.0744. The molecule has 7 nitrogen and oxygen atoms in total. The number of rotatable bonds is 4. The second kappa shape index (κ2) is 10.3. The van der Waals surface area contributed by atoms with E-state index in [9.17, 15) is 18.7 Å². The van der Waals surface area contributed by atoms with Gasteiger partial charge in [0.2, 0.25) is 11.7 Å². The molecule has 0 unspecified atom stereocenters. The molecule has 3 aromatic rings. The van der Waals surface area contributed by atoms with Gasteiger partial charge in [-0.05, 0) is 55.0 Å². The average molecular weight is 497 g/mol. The van der Waals surface area contributed by atoms with Gasteiger partial charge in [-0.2, -0.15) is 4.98 Å². The van der Waals surface area contributed by atoms with Crippen molar-refractivity contribution in [3.63, 3.8) is 0 Å². The zero-order valence-electron chi connectivity index (χ0n) is 20.2. The molecule has 2 aliphatic heterocycles. The van der Waals surface area contributed by atoms with Crippen molar-refractivity contribution in [3.8, 4) is 11.4 Å². The van der Waals surface area contributed by atoms with Crippen LogP contribution in [0.15, 0.2) is 47.0 Å². The highest BCUT2D eigenvalue weighted by atomic mass is 19.1. The quantitative estimate of drug-likeness (QED) is 0.565. The van der Waals surface area contributed by atoms with Gasteiger partial charge < -0.3 is 19.4 Å². The van der Waals surface area contributed by atoms with Crippen LogP contribution in [-0.4, -0.2) is 63.4 Å². The van der Waals surface area contributed by atoms with E-state index in [1.165, 1.54) is 5.56 Å². The van der Waals surface area contributed by atoms with Crippen molar-refractivity contribution >= 4 is 6.03 Å². The zero-order chi connectivity index (χ0) is 25.2. The van der Waals surface area contributed by atoms with E-state index >= 15 is 0 Å². The average Bonchev–Trinajstić information content (AvgIpc) is 3.40. The Labute approximate surface area is 208 Å². The Morgan fingerprint density at radius 1 is 1.06 bits per heavy atom. The van der Waals surface area contributed by atoms with Crippen molar-refractivity contribution in [2.45, 2.75) is 50.5 Å². The van der Waals surface area contributed by atoms with Crippen molar-refractivity contribution < 1.29 is 23.2 Å². The topological polar surface area (TPSA) is 82.7 Å². The lowest BCUT2D eigenvalue weighted by Gasteiger charge is -2.40. The van der Waals surface area contributed by atoms with Gasteiger partial charge in [0.1, 0.15) is 11.6 Å². The summed E-state index contributed by atoms with van der Waals surface area (Å²) in [5, 5.41) is 13.8. The van der Waals surface area contributed by atoms with Crippen LogP contribution in [0.5, 0.6) is 0 Å². The van der Waals surface area contributed by atoms with Crippen LogP contribution < -0.4 is 0 Å². The number of aryl methyl sites for hydroxylation is 1. The molecule has 1 N–H and O–H groups in total. The SMILES string of the molecule is CCc1ccc([C@@H]2C[C@H](c3nc(-c4cc(F)ccc4F)no3)CN(C(=O)N3CCC(O)CC3)C2)cc1. The lowest BCUT2D eigenvalue weighted by Crippen LogP contribution is -2.51. The number of urea groups is 1. The minimum absolute atomic E-state index is 0.0145. The fraction of sp³-hybridized carbons (Fsp3) is 0.444. The molecule has 2 aliphatic rings. The highest BCUT2D eigenvalue weighted by Gasteiger charge is 2.37. The number of aromatic nitrogens is 2. The number of aliphatic hydroxyl groups excluding tert-OH is 1. The Hall–Kier alpha value is -3.33. The van der Waals surface area contributed by atoms with Crippen molar-refractivity contribution in [1.82, 2.24) is 19.9 Å². The first-order valence-corrected chi connectivity index (χ1v) is 12.5. The molecule has 36 heavy (non-hydrogen) atoms. The molecule has 0 bridgehead atoms. The number of halogens is 2. The minimum Gasteiger partial charge on any atom is -0.393 e. The third-order valence-corrected chi connectivity index (χ3v) is 7.28. The summed E-state index contributed by atoms with van der Waals surface area (Å²) in [6.07, 6.45) is 2.39. The summed E-state index contributed by atoms with van der Waals surface area (Å²) in [6, 6.07) is 11.5. The van der Waals surface area contributed by atoms with Crippen molar-refractivity contribution in [2.75, 3.05) is 26.2 Å². The van der Waals surface area contributed by atoms with Gasteiger partial charge in [-0.25, -0.2) is 13.6 Å². The van der Waals surface area contributed by atoms with Gasteiger partial charge in [0.25, 0.3) is 0 Å². The van der Waals surface area contributed by atoms with Gasteiger partial charge in [0.15, 0.2) is 0 Å². The Bertz CT molecular complexity index is 1210. The van der Waals surface area contributed by atoms with E-state index in [2.05, 4.69) is 41.3 Å². The molecule has 2 amide bonds. The van der Waals surface area contributed by atoms with Crippen LogP contribution in [0.25, 0.3) is 11.4 Å². The van der Waals surface area contributed by atoms with Gasteiger partial charge in [-0.3, -0.25) is 0 Å². The van der Waals surface area contributed by atoms with E-state index in [4.69, 9.17) is 4.52 Å². The molecule has 190 valence electrons. The minimum atomic E-state index is -0.634. The fourth-order valence-electron chi connectivity index (χ4n) is 5.14. The third-order valence-electron chi connectivity index (χ3n) is 7.28. The third kappa shape index (κ3) is 5.11. The largest absolute Gasteiger partial charge is 0.393 e. The molecule has 0 spiro atoms. The van der Waals surface area contributed by atoms with Crippen LogP contribution in [0.4, 0.5) is 13.6 Å². The highest BCUT2D eigenvalue weighted by molar-refractivity contribution is 5.75. The maximum atomic E-state index is 14.3. The predicted octanol–water partition coefficient (Wildman–Crippen LogP) is 4.73. The zero-order valence-corrected chi connectivity index (χ0v) is 20.2. The number of piperidine rings is 2. The molecule has 2 aromatic carbocycles. The van der Waals surface area contributed by atoms with E-state index < -0.39 is 11.6 Å². The van der Waals surface area contributed by atoms with Gasteiger partial charge in [-0.1, -0.05) is 36.3 Å². The number of amides is 2. The number of carbonyl (C=O) groups is 1. The van der Waals surface area contributed by atoms with Crippen molar-refractivity contribution in [2.24, 2.45) is 0 Å². The Kier molecular flexibility index (Phi) is 7.00. The lowest BCUT2D eigenvalue weighted by atomic mass is 9.84. The summed E-state index contributed by atoms with van der Waals surface area (Å²) in [5.41, 5.74) is 2.30. The van der Waals surface area contributed by atoms with E-state index in [1.807, 2.05) is 4.90 Å². The van der Waals surface area contributed by atoms with Crippen LogP contribution in [0.2, 0.25) is 0 Å². The molecular formula is C27H30F2N4O3. The van der Waals surface area contributed by atoms with E-state index in [-0.39, 0.29) is 35.4 Å². The summed E-state index contributed by atoms with van der Waals surface area (Å²) in [4.78, 5) is 21.4. The van der Waals surface area contributed by atoms with Crippen LogP contribution in [0.3, 0.4) is 0 Å². The van der Waals surface area contributed by atoms with Gasteiger partial charge in [0.05, 0.1) is 17.6 Å². The van der Waals surface area contributed by atoms with Crippen molar-refractivity contribution in [1.29, 1.82) is 0 Å². The number of hydrogen-bond donors (Lipinski definition) is 1. The normalized spacial score (nSPS) is 21.1. The molecule has 9 heteroatoms. The summed E-state index contributed by atoms with van der Waals surface area (Å²) in [6.45, 7) is 4.07. The molecule has 1 aromatic heterocycles. The highest BCUT2D eigenvalue weighted by Crippen LogP contribution is 2.37. The molecule has 2 atom stereocenters. The second-order valence-corrected chi connectivity index (χ2v) is 9.71. The number of benzene rings is 2. The van der Waals surface area contributed by atoms with Crippen LogP contribution in [0, 0.1) is 11.6 Å². The molecule has 0 aliphatic carbocycles. The van der Waals surface area contributed by atoms with E-state index in [1.54, 1.807) is 4.90 Å². The molecule has 0 saturated carbocycles. The summed E-state index contributed by atoms with van der Waals surface area (Å²) in [5.74, 6) is -1.14. The number of aliphatic hydroxyl groups is 1. The first-order chi connectivity index (χ1) is 17.4. The van der Waals surface area contributed by atoms with Crippen molar-refractivity contribution in [3.05, 3.63) is 71.1 Å². The first-order valence-electron chi connectivity index (χ1n) is 12.5. The van der Waals surface area contributed by atoms with Crippen LogP contribution >= 0.6 is 0 Å². The maximum Gasteiger partial charge on any atom is 0.320 e. The Balaban J connectivity index is 1.42. The Morgan fingerprint density at radius 2 is 1.78 bits per heavy atom. The molecule has 0 radical (unpaired) electrons.